The lowest BCUT2D eigenvalue weighted by Gasteiger charge is -2.17. The zero-order valence-electron chi connectivity index (χ0n) is 10.3. The van der Waals surface area contributed by atoms with Gasteiger partial charge >= 0.3 is 6.18 Å². The Morgan fingerprint density at radius 3 is 2.79 bits per heavy atom. The summed E-state index contributed by atoms with van der Waals surface area (Å²) in [4.78, 5) is 13.6. The molecule has 104 valence electrons. The average Bonchev–Trinajstić information content (AvgIpc) is 2.80. The van der Waals surface area contributed by atoms with Crippen molar-refractivity contribution in [1.29, 1.82) is 0 Å². The van der Waals surface area contributed by atoms with Gasteiger partial charge in [0.1, 0.15) is 0 Å². The molecule has 0 fully saturated rings. The first-order chi connectivity index (χ1) is 8.83. The largest absolute Gasteiger partial charge is 0.390 e. The van der Waals surface area contributed by atoms with Crippen molar-refractivity contribution in [3.63, 3.8) is 0 Å². The summed E-state index contributed by atoms with van der Waals surface area (Å²) in [5, 5.41) is 1.58. The number of hydrogen-bond acceptors (Lipinski definition) is 3. The van der Waals surface area contributed by atoms with Gasteiger partial charge in [0.2, 0.25) is 0 Å². The number of nitrogens with zero attached hydrogens (tertiary/aromatic N) is 1. The molecule has 1 amide bonds. The standard InChI is InChI=1S/C12H13F3N2OS/c1-17(6-4-12(13,14)15)11(18)9-7-10(19-8-9)3-2-5-16/h7-8H,4-6,16H2,1H3. The number of alkyl halides is 3. The van der Waals surface area contributed by atoms with E-state index in [2.05, 4.69) is 11.8 Å². The Bertz CT molecular complexity index is 499. The van der Waals surface area contributed by atoms with Gasteiger partial charge in [-0.15, -0.1) is 11.3 Å². The van der Waals surface area contributed by atoms with E-state index in [9.17, 15) is 18.0 Å². The zero-order valence-corrected chi connectivity index (χ0v) is 11.1. The zero-order chi connectivity index (χ0) is 14.5. The molecule has 0 unspecified atom stereocenters. The summed E-state index contributed by atoms with van der Waals surface area (Å²) in [6.07, 6.45) is -5.28. The predicted molar refractivity (Wildman–Crippen MR) is 67.9 cm³/mol. The third-order valence-corrected chi connectivity index (χ3v) is 3.08. The van der Waals surface area contributed by atoms with Gasteiger partial charge in [0.25, 0.3) is 5.91 Å². The van der Waals surface area contributed by atoms with Crippen molar-refractivity contribution in [2.45, 2.75) is 12.6 Å². The summed E-state index contributed by atoms with van der Waals surface area (Å²) in [5.41, 5.74) is 5.56. The van der Waals surface area contributed by atoms with Gasteiger partial charge in [-0.25, -0.2) is 0 Å². The van der Waals surface area contributed by atoms with Crippen LogP contribution >= 0.6 is 11.3 Å². The fourth-order valence-electron chi connectivity index (χ4n) is 1.27. The van der Waals surface area contributed by atoms with Crippen molar-refractivity contribution >= 4 is 17.2 Å². The second kappa shape index (κ2) is 6.59. The van der Waals surface area contributed by atoms with E-state index in [4.69, 9.17) is 5.73 Å². The minimum Gasteiger partial charge on any atom is -0.341 e. The topological polar surface area (TPSA) is 46.3 Å². The molecule has 7 heteroatoms. The van der Waals surface area contributed by atoms with Crippen LogP contribution in [0.3, 0.4) is 0 Å². The summed E-state index contributed by atoms with van der Waals surface area (Å²) < 4.78 is 36.2. The van der Waals surface area contributed by atoms with Crippen LogP contribution in [0.4, 0.5) is 13.2 Å². The Kier molecular flexibility index (Phi) is 5.39. The summed E-state index contributed by atoms with van der Waals surface area (Å²) in [6, 6.07) is 1.56. The van der Waals surface area contributed by atoms with Crippen molar-refractivity contribution in [3.05, 3.63) is 21.9 Å². The number of halogens is 3. The molecule has 2 N–H and O–H groups in total. The molecule has 0 aliphatic rings. The molecule has 1 rings (SSSR count). The number of thiophene rings is 1. The summed E-state index contributed by atoms with van der Waals surface area (Å²) in [7, 11) is 1.34. The quantitative estimate of drug-likeness (QED) is 0.866. The second-order valence-electron chi connectivity index (χ2n) is 3.80. The number of hydrogen-bond donors (Lipinski definition) is 1. The van der Waals surface area contributed by atoms with Crippen LogP contribution in [0.25, 0.3) is 0 Å². The molecule has 0 radical (unpaired) electrons. The maximum absolute atomic E-state index is 12.1. The van der Waals surface area contributed by atoms with E-state index >= 15 is 0 Å². The predicted octanol–water partition coefficient (Wildman–Crippen LogP) is 2.08. The first kappa shape index (κ1) is 15.5. The number of rotatable bonds is 3. The maximum atomic E-state index is 12.1. The van der Waals surface area contributed by atoms with E-state index in [0.29, 0.717) is 10.4 Å². The third-order valence-electron chi connectivity index (χ3n) is 2.24. The van der Waals surface area contributed by atoms with Crippen LogP contribution in [0.1, 0.15) is 21.7 Å². The van der Waals surface area contributed by atoms with Gasteiger partial charge in [0.05, 0.1) is 23.4 Å². The minimum absolute atomic E-state index is 0.215. The second-order valence-corrected chi connectivity index (χ2v) is 4.71. The van der Waals surface area contributed by atoms with Crippen LogP contribution in [0.15, 0.2) is 11.4 Å². The summed E-state index contributed by atoms with van der Waals surface area (Å²) in [6.45, 7) is -0.144. The van der Waals surface area contributed by atoms with Gasteiger partial charge in [0.15, 0.2) is 0 Å². The molecule has 0 saturated carbocycles. The lowest BCUT2D eigenvalue weighted by Crippen LogP contribution is -2.30. The van der Waals surface area contributed by atoms with Gasteiger partial charge in [-0.1, -0.05) is 11.8 Å². The van der Waals surface area contributed by atoms with E-state index in [0.717, 1.165) is 4.90 Å². The van der Waals surface area contributed by atoms with Gasteiger partial charge < -0.3 is 10.6 Å². The lowest BCUT2D eigenvalue weighted by atomic mass is 10.2. The number of carbonyl (C=O) groups is 1. The normalized spacial score (nSPS) is 10.8. The van der Waals surface area contributed by atoms with Crippen molar-refractivity contribution in [2.24, 2.45) is 5.73 Å². The van der Waals surface area contributed by atoms with Gasteiger partial charge in [0, 0.05) is 19.0 Å². The van der Waals surface area contributed by atoms with Crippen molar-refractivity contribution in [2.75, 3.05) is 20.1 Å². The number of carbonyl (C=O) groups excluding carboxylic acids is 1. The Morgan fingerprint density at radius 2 is 2.21 bits per heavy atom. The number of nitrogens with two attached hydrogens (primary N) is 1. The van der Waals surface area contributed by atoms with E-state index in [1.54, 1.807) is 11.4 Å². The molecule has 0 bridgehead atoms. The Labute approximate surface area is 113 Å². The molecule has 3 nitrogen and oxygen atoms in total. The molecule has 0 spiro atoms. The molecule has 0 aromatic carbocycles. The molecule has 0 saturated heterocycles. The number of amides is 1. The Hall–Kier alpha value is -1.52. The highest BCUT2D eigenvalue weighted by Gasteiger charge is 2.28. The molecule has 19 heavy (non-hydrogen) atoms. The van der Waals surface area contributed by atoms with Crippen LogP contribution in [-0.2, 0) is 0 Å². The van der Waals surface area contributed by atoms with E-state index in [-0.39, 0.29) is 13.1 Å². The molecule has 0 atom stereocenters. The van der Waals surface area contributed by atoms with Crippen molar-refractivity contribution in [3.8, 4) is 11.8 Å². The average molecular weight is 290 g/mol. The molecular formula is C12H13F3N2OS. The Morgan fingerprint density at radius 1 is 1.53 bits per heavy atom. The van der Waals surface area contributed by atoms with E-state index in [1.807, 2.05) is 0 Å². The van der Waals surface area contributed by atoms with Gasteiger partial charge in [-0.2, -0.15) is 13.2 Å². The molecular weight excluding hydrogens is 277 g/mol. The summed E-state index contributed by atoms with van der Waals surface area (Å²) in [5.74, 6) is 4.97. The first-order valence-electron chi connectivity index (χ1n) is 5.43. The highest BCUT2D eigenvalue weighted by molar-refractivity contribution is 7.10. The molecule has 0 aliphatic heterocycles. The third kappa shape index (κ3) is 5.32. The SMILES string of the molecule is CN(CCC(F)(F)F)C(=O)c1csc(C#CCN)c1. The van der Waals surface area contributed by atoms with Crippen LogP contribution < -0.4 is 5.73 Å². The highest BCUT2D eigenvalue weighted by Crippen LogP contribution is 2.20. The Balaban J connectivity index is 2.64. The van der Waals surface area contributed by atoms with E-state index < -0.39 is 18.5 Å². The minimum atomic E-state index is -4.26. The van der Waals surface area contributed by atoms with Crippen LogP contribution in [0.2, 0.25) is 0 Å². The molecule has 0 aliphatic carbocycles. The van der Waals surface area contributed by atoms with Crippen LogP contribution in [-0.4, -0.2) is 37.1 Å². The van der Waals surface area contributed by atoms with Gasteiger partial charge in [-0.05, 0) is 6.07 Å². The fraction of sp³-hybridized carbons (Fsp3) is 0.417. The van der Waals surface area contributed by atoms with Crippen LogP contribution in [0.5, 0.6) is 0 Å². The monoisotopic (exact) mass is 290 g/mol. The maximum Gasteiger partial charge on any atom is 0.390 e. The van der Waals surface area contributed by atoms with Gasteiger partial charge in [-0.3, -0.25) is 4.79 Å². The van der Waals surface area contributed by atoms with E-state index in [1.165, 1.54) is 18.4 Å². The molecule has 1 aromatic rings. The highest BCUT2D eigenvalue weighted by atomic mass is 32.1. The van der Waals surface area contributed by atoms with Crippen molar-refractivity contribution < 1.29 is 18.0 Å². The molecule has 1 aromatic heterocycles. The lowest BCUT2D eigenvalue weighted by molar-refractivity contribution is -0.136. The smallest absolute Gasteiger partial charge is 0.341 e. The summed E-state index contributed by atoms with van der Waals surface area (Å²) >= 11 is 1.26. The van der Waals surface area contributed by atoms with Crippen molar-refractivity contribution in [1.82, 2.24) is 4.90 Å². The fourth-order valence-corrected chi connectivity index (χ4v) is 2.02. The van der Waals surface area contributed by atoms with Crippen LogP contribution in [0, 0.1) is 11.8 Å². The first-order valence-corrected chi connectivity index (χ1v) is 6.31. The molecule has 1 heterocycles.